The Morgan fingerprint density at radius 1 is 1.00 bits per heavy atom. The van der Waals surface area contributed by atoms with Crippen LogP contribution in [0.25, 0.3) is 0 Å². The first-order valence-electron chi connectivity index (χ1n) is 6.74. The molecule has 0 saturated carbocycles. The highest BCUT2D eigenvalue weighted by molar-refractivity contribution is 5.93. The third-order valence-electron chi connectivity index (χ3n) is 2.65. The Bertz CT molecular complexity index is 409. The predicted octanol–water partition coefficient (Wildman–Crippen LogP) is 3.38. The summed E-state index contributed by atoms with van der Waals surface area (Å²) in [5.41, 5.74) is 0.911. The van der Waals surface area contributed by atoms with E-state index in [2.05, 4.69) is 13.5 Å². The van der Waals surface area contributed by atoms with E-state index >= 15 is 0 Å². The maximum Gasteiger partial charge on any atom is 0.338 e. The molecule has 0 fully saturated rings. The van der Waals surface area contributed by atoms with Gasteiger partial charge in [0.05, 0.1) is 24.3 Å². The number of esters is 2. The van der Waals surface area contributed by atoms with E-state index in [-0.39, 0.29) is 11.9 Å². The van der Waals surface area contributed by atoms with Gasteiger partial charge in [-0.25, -0.2) is 9.59 Å². The van der Waals surface area contributed by atoms with Gasteiger partial charge in [0.2, 0.25) is 0 Å². The molecule has 0 atom stereocenters. The van der Waals surface area contributed by atoms with Crippen molar-refractivity contribution >= 4 is 11.9 Å². The quantitative estimate of drug-likeness (QED) is 0.583. The second-order valence-electron chi connectivity index (χ2n) is 4.25. The van der Waals surface area contributed by atoms with Gasteiger partial charge in [0.15, 0.2) is 0 Å². The minimum Gasteiger partial charge on any atom is -0.462 e. The van der Waals surface area contributed by atoms with Gasteiger partial charge >= 0.3 is 11.9 Å². The molecule has 2 aliphatic heterocycles. The summed E-state index contributed by atoms with van der Waals surface area (Å²) in [6, 6.07) is 6.28. The Morgan fingerprint density at radius 2 is 1.35 bits per heavy atom. The second kappa shape index (κ2) is 8.91. The molecule has 1 aromatic carbocycles. The summed E-state index contributed by atoms with van der Waals surface area (Å²) in [4.78, 5) is 23.0. The zero-order valence-corrected chi connectivity index (χ0v) is 11.8. The summed E-state index contributed by atoms with van der Waals surface area (Å²) in [5, 5.41) is 0. The van der Waals surface area contributed by atoms with E-state index < -0.39 is 0 Å². The van der Waals surface area contributed by atoms with Gasteiger partial charge in [-0.15, -0.1) is 6.58 Å². The van der Waals surface area contributed by atoms with Crippen LogP contribution in [0, 0.1) is 0 Å². The van der Waals surface area contributed by atoms with E-state index in [9.17, 15) is 9.59 Å². The Balaban J connectivity index is 0.000000444. The number of hydrogen-bond acceptors (Lipinski definition) is 4. The summed E-state index contributed by atoms with van der Waals surface area (Å²) in [7, 11) is 0. The van der Waals surface area contributed by atoms with Crippen LogP contribution in [-0.2, 0) is 9.47 Å². The average Bonchev–Trinajstić information content (AvgIpc) is 2.49. The summed E-state index contributed by atoms with van der Waals surface area (Å²) < 4.78 is 10.1. The zero-order chi connectivity index (χ0) is 14.8. The number of carbonyl (C=O) groups excluding carboxylic acids is 2. The van der Waals surface area contributed by atoms with Gasteiger partial charge in [0.25, 0.3) is 0 Å². The number of carbonyl (C=O) groups is 2. The minimum absolute atomic E-state index is 0.347. The Kier molecular flexibility index (Phi) is 7.11. The predicted molar refractivity (Wildman–Crippen MR) is 76.7 cm³/mol. The minimum atomic E-state index is -0.347. The van der Waals surface area contributed by atoms with E-state index in [4.69, 9.17) is 9.47 Å². The molecule has 4 nitrogen and oxygen atoms in total. The van der Waals surface area contributed by atoms with E-state index in [1.54, 1.807) is 24.3 Å². The van der Waals surface area contributed by atoms with Crippen LogP contribution in [0.1, 0.15) is 46.9 Å². The van der Waals surface area contributed by atoms with Crippen molar-refractivity contribution in [1.29, 1.82) is 0 Å². The van der Waals surface area contributed by atoms with Gasteiger partial charge in [-0.05, 0) is 43.5 Å². The monoisotopic (exact) mass is 276 g/mol. The molecule has 0 N–H and O–H groups in total. The highest BCUT2D eigenvalue weighted by Crippen LogP contribution is 2.09. The van der Waals surface area contributed by atoms with Gasteiger partial charge < -0.3 is 9.47 Å². The lowest BCUT2D eigenvalue weighted by Crippen LogP contribution is -2.12. The summed E-state index contributed by atoms with van der Waals surface area (Å²) in [6.45, 7) is 6.26. The first kappa shape index (κ1) is 16.0. The van der Waals surface area contributed by atoms with Crippen LogP contribution in [0.15, 0.2) is 36.9 Å². The number of allylic oxidation sites excluding steroid dienone is 1. The third-order valence-corrected chi connectivity index (χ3v) is 2.65. The van der Waals surface area contributed by atoms with Crippen molar-refractivity contribution in [3.05, 3.63) is 48.0 Å². The molecule has 0 unspecified atom stereocenters. The lowest BCUT2D eigenvalue weighted by Gasteiger charge is -2.09. The summed E-state index contributed by atoms with van der Waals surface area (Å²) in [5.74, 6) is -0.694. The first-order valence-corrected chi connectivity index (χ1v) is 6.74. The fourth-order valence-corrected chi connectivity index (χ4v) is 1.44. The fourth-order valence-electron chi connectivity index (χ4n) is 1.44. The number of fused-ring (bicyclic) bond motifs is 9. The van der Waals surface area contributed by atoms with E-state index in [1.807, 2.05) is 6.08 Å². The van der Waals surface area contributed by atoms with Crippen molar-refractivity contribution in [3.63, 3.8) is 0 Å². The molecule has 0 amide bonds. The van der Waals surface area contributed by atoms with Crippen LogP contribution in [0.4, 0.5) is 0 Å². The Morgan fingerprint density at radius 3 is 1.65 bits per heavy atom. The molecule has 0 radical (unpaired) electrons. The van der Waals surface area contributed by atoms with Crippen molar-refractivity contribution in [2.24, 2.45) is 0 Å². The van der Waals surface area contributed by atoms with Crippen LogP contribution >= 0.6 is 0 Å². The van der Waals surface area contributed by atoms with E-state index in [1.165, 1.54) is 0 Å². The van der Waals surface area contributed by atoms with Gasteiger partial charge in [-0.3, -0.25) is 0 Å². The normalized spacial score (nSPS) is 14.8. The van der Waals surface area contributed by atoms with Crippen LogP contribution in [0.5, 0.6) is 0 Å². The molecule has 1 aromatic rings. The van der Waals surface area contributed by atoms with Crippen LogP contribution in [-0.4, -0.2) is 25.2 Å². The molecule has 4 heteroatoms. The lowest BCUT2D eigenvalue weighted by atomic mass is 10.1. The van der Waals surface area contributed by atoms with Crippen molar-refractivity contribution in [3.8, 4) is 0 Å². The maximum atomic E-state index is 11.5. The summed E-state index contributed by atoms with van der Waals surface area (Å²) >= 11 is 0. The van der Waals surface area contributed by atoms with Crippen molar-refractivity contribution < 1.29 is 19.1 Å². The molecular weight excluding hydrogens is 256 g/mol. The van der Waals surface area contributed by atoms with Crippen molar-refractivity contribution in [2.75, 3.05) is 13.2 Å². The highest BCUT2D eigenvalue weighted by Gasteiger charge is 2.12. The topological polar surface area (TPSA) is 52.6 Å². The number of hydrogen-bond donors (Lipinski definition) is 0. The average molecular weight is 276 g/mol. The van der Waals surface area contributed by atoms with Gasteiger partial charge in [0, 0.05) is 0 Å². The van der Waals surface area contributed by atoms with E-state index in [0.29, 0.717) is 37.2 Å². The van der Waals surface area contributed by atoms with Gasteiger partial charge in [0.1, 0.15) is 0 Å². The second-order valence-corrected chi connectivity index (χ2v) is 4.25. The maximum absolute atomic E-state index is 11.5. The molecule has 108 valence electrons. The van der Waals surface area contributed by atoms with Crippen LogP contribution < -0.4 is 0 Å². The van der Waals surface area contributed by atoms with Crippen LogP contribution in [0.3, 0.4) is 0 Å². The number of rotatable bonds is 1. The smallest absolute Gasteiger partial charge is 0.338 e. The molecule has 0 aliphatic carbocycles. The SMILES string of the molecule is C=CCC.O=C1OCCCCOC(=O)c2ccc1cc2. The van der Waals surface area contributed by atoms with Crippen molar-refractivity contribution in [1.82, 2.24) is 0 Å². The molecule has 0 aromatic heterocycles. The zero-order valence-electron chi connectivity index (χ0n) is 11.8. The lowest BCUT2D eigenvalue weighted by molar-refractivity contribution is 0.0427. The molecule has 3 rings (SSSR count). The standard InChI is InChI=1S/C12H12O4.C4H8/c13-11-9-3-5-10(6-4-9)12(14)16-8-2-1-7-15-11;1-3-4-2/h3-6H,1-2,7-8H2;3H,1,4H2,2H3. The third kappa shape index (κ3) is 5.26. The van der Waals surface area contributed by atoms with Gasteiger partial charge in [-0.2, -0.15) is 0 Å². The number of ether oxygens (including phenoxy) is 2. The van der Waals surface area contributed by atoms with Crippen molar-refractivity contribution in [2.45, 2.75) is 26.2 Å². The molecule has 2 bridgehead atoms. The Hall–Kier alpha value is -2.10. The molecule has 2 aliphatic rings. The molecule has 0 saturated heterocycles. The molecule has 20 heavy (non-hydrogen) atoms. The largest absolute Gasteiger partial charge is 0.462 e. The molecule has 0 spiro atoms. The van der Waals surface area contributed by atoms with E-state index in [0.717, 1.165) is 6.42 Å². The Labute approximate surface area is 119 Å². The first-order chi connectivity index (χ1) is 9.69. The fraction of sp³-hybridized carbons (Fsp3) is 0.375. The van der Waals surface area contributed by atoms with Gasteiger partial charge in [-0.1, -0.05) is 13.0 Å². The molecular formula is C16H20O4. The number of benzene rings is 1. The van der Waals surface area contributed by atoms with Crippen LogP contribution in [0.2, 0.25) is 0 Å². The highest BCUT2D eigenvalue weighted by atomic mass is 16.5. The summed E-state index contributed by atoms with van der Waals surface area (Å²) in [6.07, 6.45) is 4.37. The molecule has 2 heterocycles.